The molecule has 9 atom stereocenters. The van der Waals surface area contributed by atoms with Crippen molar-refractivity contribution in [3.8, 4) is 0 Å². The number of hydrogen-bond donors (Lipinski definition) is 4. The second-order valence-corrected chi connectivity index (χ2v) is 13.4. The van der Waals surface area contributed by atoms with Crippen LogP contribution in [-0.4, -0.2) is 82.7 Å². The third-order valence-corrected chi connectivity index (χ3v) is 9.12. The molecule has 3 aromatic heterocycles. The van der Waals surface area contributed by atoms with E-state index in [0.717, 1.165) is 16.8 Å². The molecule has 2 unspecified atom stereocenters. The van der Waals surface area contributed by atoms with Gasteiger partial charge in [-0.05, 0) is 11.8 Å². The van der Waals surface area contributed by atoms with E-state index in [1.807, 2.05) is 4.98 Å². The molecule has 5 N–H and O–H groups in total. The average molecular weight is 637 g/mol. The number of phosphoric acid groups is 1. The minimum atomic E-state index is -4.89. The first-order valence-electron chi connectivity index (χ1n) is 11.9. The van der Waals surface area contributed by atoms with Crippen molar-refractivity contribution in [2.24, 2.45) is 0 Å². The quantitative estimate of drug-likeness (QED) is 0.262. The van der Waals surface area contributed by atoms with E-state index >= 15 is 4.39 Å². The van der Waals surface area contributed by atoms with E-state index in [1.165, 1.54) is 17.2 Å². The number of nitrogens with two attached hydrogens (primary N) is 1. The van der Waals surface area contributed by atoms with Crippen molar-refractivity contribution in [2.75, 3.05) is 18.9 Å². The lowest BCUT2D eigenvalue weighted by Gasteiger charge is -2.26. The molecular weight excluding hydrogens is 615 g/mol. The lowest BCUT2D eigenvalue weighted by molar-refractivity contribution is -0.0661. The minimum absolute atomic E-state index is 0.0430. The number of aromatic nitrogens is 6. The molecule has 0 saturated carbocycles. The summed E-state index contributed by atoms with van der Waals surface area (Å²) < 4.78 is 63.7. The Bertz CT molecular complexity index is 1690. The van der Waals surface area contributed by atoms with Crippen LogP contribution in [0.1, 0.15) is 18.9 Å². The molecule has 222 valence electrons. The maximum Gasteiger partial charge on any atom is 0.472 e. The predicted molar refractivity (Wildman–Crippen MR) is 136 cm³/mol. The molecule has 0 spiro atoms. The standard InChI is InChI=1S/C19H22FN7O11P2S/c20-12-10-5-33-39(30,31)37-9-3-8(35-17(9)27-7-24-13-15(21)22-6-23-16(13)27)4-34-40(32,41)38-14(12)18(36-10)26-2-1-11(28)25-19(26)29/h1-2,6-10,12,14,17-18H,3-5H2,(H,30,31)(H,32,41)(H2,21,22,23)(H,25,28,29)/t8-,9+,10+,12+,14+,17+,18+,40?/m0/s1. The zero-order valence-electron chi connectivity index (χ0n) is 20.5. The number of nitrogens with zero attached hydrogens (tertiary/aromatic N) is 5. The number of imidazole rings is 1. The SMILES string of the molecule is Nc1ncnc2c1ncn2[C@@H]1O[C@@H]2COP(O)(=S)O[C@@H]3[C@H](F)[C@@H](COP(=O)(O)O[C@@H]1C2)O[C@H]3n1ccc(=O)[nH]c1=O. The van der Waals surface area contributed by atoms with Gasteiger partial charge in [-0.25, -0.2) is 28.7 Å². The Morgan fingerprint density at radius 2 is 1.88 bits per heavy atom. The van der Waals surface area contributed by atoms with Gasteiger partial charge in [-0.15, -0.1) is 0 Å². The summed E-state index contributed by atoms with van der Waals surface area (Å²) in [7, 11) is -4.89. The van der Waals surface area contributed by atoms with Crippen molar-refractivity contribution < 1.29 is 46.3 Å². The van der Waals surface area contributed by atoms with Crippen molar-refractivity contribution in [3.63, 3.8) is 0 Å². The normalized spacial score (nSPS) is 38.2. The largest absolute Gasteiger partial charge is 0.472 e. The first-order valence-corrected chi connectivity index (χ1v) is 16.0. The van der Waals surface area contributed by atoms with Gasteiger partial charge in [0.1, 0.15) is 30.2 Å². The summed E-state index contributed by atoms with van der Waals surface area (Å²) in [6.45, 7) is -5.44. The maximum absolute atomic E-state index is 15.6. The Labute approximate surface area is 233 Å². The van der Waals surface area contributed by atoms with Gasteiger partial charge in [0.25, 0.3) is 5.56 Å². The van der Waals surface area contributed by atoms with Crippen LogP contribution < -0.4 is 17.0 Å². The molecule has 3 aliphatic rings. The van der Waals surface area contributed by atoms with Crippen molar-refractivity contribution in [1.29, 1.82) is 0 Å². The lowest BCUT2D eigenvalue weighted by Crippen LogP contribution is -2.37. The Hall–Kier alpha value is -2.48. The summed E-state index contributed by atoms with van der Waals surface area (Å²) in [6, 6.07) is 0.983. The summed E-state index contributed by atoms with van der Waals surface area (Å²) in [5, 5.41) is 0. The van der Waals surface area contributed by atoms with Crippen LogP contribution in [0.5, 0.6) is 0 Å². The van der Waals surface area contributed by atoms with Gasteiger partial charge < -0.3 is 29.5 Å². The first-order chi connectivity index (χ1) is 19.4. The van der Waals surface area contributed by atoms with Crippen molar-refractivity contribution >= 4 is 43.3 Å². The summed E-state index contributed by atoms with van der Waals surface area (Å²) >= 11 is 5.10. The molecule has 3 fully saturated rings. The summed E-state index contributed by atoms with van der Waals surface area (Å²) in [6.07, 6.45) is -6.64. The third kappa shape index (κ3) is 5.65. The topological polar surface area (TPSA) is 237 Å². The van der Waals surface area contributed by atoms with Crippen LogP contribution in [0.4, 0.5) is 10.2 Å². The predicted octanol–water partition coefficient (Wildman–Crippen LogP) is -0.384. The van der Waals surface area contributed by atoms with E-state index in [9.17, 15) is 23.9 Å². The van der Waals surface area contributed by atoms with Crippen LogP contribution in [0.15, 0.2) is 34.5 Å². The number of nitrogens with one attached hydrogen (secondary N) is 1. The number of alkyl halides is 1. The van der Waals surface area contributed by atoms with Gasteiger partial charge in [0, 0.05) is 18.7 Å². The molecule has 0 aromatic carbocycles. The van der Waals surface area contributed by atoms with Gasteiger partial charge in [0.05, 0.1) is 25.6 Å². The number of rotatable bonds is 2. The number of fused-ring (bicyclic) bond motifs is 5. The number of halogens is 1. The Balaban J connectivity index is 1.31. The molecule has 18 nitrogen and oxygen atoms in total. The molecule has 4 bridgehead atoms. The van der Waals surface area contributed by atoms with Crippen LogP contribution in [-0.2, 0) is 43.9 Å². The fourth-order valence-corrected chi connectivity index (χ4v) is 7.10. The van der Waals surface area contributed by atoms with E-state index in [-0.39, 0.29) is 23.4 Å². The van der Waals surface area contributed by atoms with Gasteiger partial charge in [0.15, 0.2) is 30.1 Å². The highest BCUT2D eigenvalue weighted by molar-refractivity contribution is 8.07. The fraction of sp³-hybridized carbons (Fsp3) is 0.526. The van der Waals surface area contributed by atoms with Gasteiger partial charge in [-0.1, -0.05) is 0 Å². The van der Waals surface area contributed by atoms with Crippen LogP contribution in [0, 0.1) is 0 Å². The summed E-state index contributed by atoms with van der Waals surface area (Å²) in [4.78, 5) is 59.4. The van der Waals surface area contributed by atoms with E-state index < -0.39 is 82.0 Å². The molecule has 3 aliphatic heterocycles. The molecule has 0 aliphatic carbocycles. The zero-order valence-corrected chi connectivity index (χ0v) is 23.1. The number of aromatic amines is 1. The Kier molecular flexibility index (Phi) is 7.44. The van der Waals surface area contributed by atoms with Gasteiger partial charge in [-0.2, -0.15) is 0 Å². The number of H-pyrrole nitrogens is 1. The Morgan fingerprint density at radius 3 is 2.66 bits per heavy atom. The van der Waals surface area contributed by atoms with Gasteiger partial charge in [0.2, 0.25) is 0 Å². The molecule has 6 rings (SSSR count). The zero-order chi connectivity index (χ0) is 29.1. The highest BCUT2D eigenvalue weighted by atomic mass is 32.5. The number of anilines is 1. The number of nitrogen functional groups attached to an aromatic ring is 1. The summed E-state index contributed by atoms with van der Waals surface area (Å²) in [5.41, 5.74) is 4.66. The maximum atomic E-state index is 15.6. The monoisotopic (exact) mass is 637 g/mol. The van der Waals surface area contributed by atoms with E-state index in [0.29, 0.717) is 0 Å². The van der Waals surface area contributed by atoms with Crippen molar-refractivity contribution in [3.05, 3.63) is 45.8 Å². The van der Waals surface area contributed by atoms with Crippen LogP contribution in [0.3, 0.4) is 0 Å². The lowest BCUT2D eigenvalue weighted by atomic mass is 10.1. The molecular formula is C19H22FN7O11P2S. The minimum Gasteiger partial charge on any atom is -0.382 e. The molecule has 3 aromatic rings. The van der Waals surface area contributed by atoms with Crippen LogP contribution in [0.25, 0.3) is 11.2 Å². The van der Waals surface area contributed by atoms with E-state index in [1.54, 1.807) is 0 Å². The second kappa shape index (κ2) is 10.7. The van der Waals surface area contributed by atoms with Crippen molar-refractivity contribution in [1.82, 2.24) is 29.1 Å². The highest BCUT2D eigenvalue weighted by Gasteiger charge is 2.51. The van der Waals surface area contributed by atoms with Crippen molar-refractivity contribution in [2.45, 2.75) is 49.5 Å². The van der Waals surface area contributed by atoms with Gasteiger partial charge in [-0.3, -0.25) is 32.5 Å². The number of hydrogen-bond acceptors (Lipinski definition) is 14. The smallest absolute Gasteiger partial charge is 0.382 e. The van der Waals surface area contributed by atoms with E-state index in [4.69, 9.17) is 45.1 Å². The molecule has 6 heterocycles. The van der Waals surface area contributed by atoms with E-state index in [2.05, 4.69) is 15.0 Å². The molecule has 22 heteroatoms. The Morgan fingerprint density at radius 1 is 1.07 bits per heavy atom. The molecule has 0 amide bonds. The number of ether oxygens (including phenoxy) is 2. The van der Waals surface area contributed by atoms with Crippen LogP contribution >= 0.6 is 14.5 Å². The fourth-order valence-electron chi connectivity index (χ4n) is 4.74. The molecule has 41 heavy (non-hydrogen) atoms. The summed E-state index contributed by atoms with van der Waals surface area (Å²) in [5.74, 6) is 0.0926. The first kappa shape index (κ1) is 28.6. The van der Waals surface area contributed by atoms with Gasteiger partial charge >= 0.3 is 20.2 Å². The highest BCUT2D eigenvalue weighted by Crippen LogP contribution is 2.54. The number of phosphoric ester groups is 1. The average Bonchev–Trinajstić information content (AvgIpc) is 3.58. The van der Waals surface area contributed by atoms with Crippen LogP contribution in [0.2, 0.25) is 0 Å². The third-order valence-electron chi connectivity index (χ3n) is 6.55. The molecule has 0 radical (unpaired) electrons. The second-order valence-electron chi connectivity index (χ2n) is 9.24. The molecule has 3 saturated heterocycles.